The zero-order chi connectivity index (χ0) is 14.6. The van der Waals surface area contributed by atoms with Crippen LogP contribution in [0.5, 0.6) is 0 Å². The Hall–Kier alpha value is -2.09. The molecule has 1 aromatic rings. The van der Waals surface area contributed by atoms with Crippen LogP contribution >= 0.6 is 0 Å². The maximum atomic E-state index is 11.9. The molecule has 0 spiro atoms. The number of aromatic nitrogens is 2. The van der Waals surface area contributed by atoms with E-state index in [4.69, 9.17) is 4.74 Å². The Labute approximate surface area is 111 Å². The van der Waals surface area contributed by atoms with Gasteiger partial charge in [0.2, 0.25) is 0 Å². The summed E-state index contributed by atoms with van der Waals surface area (Å²) in [5.41, 5.74) is 4.11. The molecule has 1 heterocycles. The molecule has 0 fully saturated rings. The first-order valence-corrected chi connectivity index (χ1v) is 5.76. The molecule has 0 atom stereocenters. The molecule has 8 nitrogen and oxygen atoms in total. The van der Waals surface area contributed by atoms with Gasteiger partial charge in [0.05, 0.1) is 0 Å². The lowest BCUT2D eigenvalue weighted by molar-refractivity contribution is 0.0564. The van der Waals surface area contributed by atoms with E-state index in [1.54, 1.807) is 27.8 Å². The number of nitrogens with zero attached hydrogens (tertiary/aromatic N) is 3. The molecule has 0 aliphatic heterocycles. The molecule has 0 radical (unpaired) electrons. The fourth-order valence-electron chi connectivity index (χ4n) is 1.30. The van der Waals surface area contributed by atoms with Crippen molar-refractivity contribution in [2.45, 2.75) is 26.4 Å². The predicted molar refractivity (Wildman–Crippen MR) is 71.6 cm³/mol. The Morgan fingerprint density at radius 2 is 2.05 bits per heavy atom. The number of rotatable bonds is 3. The van der Waals surface area contributed by atoms with E-state index in [1.807, 2.05) is 0 Å². The zero-order valence-corrected chi connectivity index (χ0v) is 11.7. The molecule has 0 saturated carbocycles. The third-order valence-corrected chi connectivity index (χ3v) is 2.06. The Morgan fingerprint density at radius 3 is 2.47 bits per heavy atom. The topological polar surface area (TPSA) is 88.5 Å². The van der Waals surface area contributed by atoms with Crippen molar-refractivity contribution in [1.82, 2.24) is 15.1 Å². The molecule has 1 aromatic heterocycles. The number of hydrazine groups is 1. The number of carbonyl (C=O) groups excluding carboxylic acids is 1. The molecule has 0 aromatic carbocycles. The van der Waals surface area contributed by atoms with Crippen molar-refractivity contribution < 1.29 is 9.53 Å². The summed E-state index contributed by atoms with van der Waals surface area (Å²) in [6, 6.07) is 1.51. The van der Waals surface area contributed by atoms with Crippen molar-refractivity contribution in [1.29, 1.82) is 0 Å². The highest BCUT2D eigenvalue weighted by Crippen LogP contribution is 2.12. The first-order valence-electron chi connectivity index (χ1n) is 5.76. The molecule has 1 amide bonds. The van der Waals surface area contributed by atoms with Gasteiger partial charge in [-0.15, -0.1) is 0 Å². The quantitative estimate of drug-likeness (QED) is 0.767. The van der Waals surface area contributed by atoms with Gasteiger partial charge < -0.3 is 10.2 Å². The number of hydrogen-bond acceptors (Lipinski definition) is 6. The summed E-state index contributed by atoms with van der Waals surface area (Å²) < 4.78 is 6.39. The monoisotopic (exact) mass is 269 g/mol. The average molecular weight is 269 g/mol. The van der Waals surface area contributed by atoms with Gasteiger partial charge in [-0.3, -0.25) is 0 Å². The summed E-state index contributed by atoms with van der Waals surface area (Å²) in [5.74, 6) is 0.160. The number of hydrogen-bond donors (Lipinski definition) is 2. The highest BCUT2D eigenvalue weighted by molar-refractivity contribution is 5.85. The number of ether oxygens (including phenoxy) is 1. The molecule has 8 heteroatoms. The van der Waals surface area contributed by atoms with Crippen LogP contribution < -0.4 is 21.6 Å². The van der Waals surface area contributed by atoms with Crippen LogP contribution in [0.2, 0.25) is 0 Å². The van der Waals surface area contributed by atoms with Crippen LogP contribution in [-0.2, 0) is 4.74 Å². The molecule has 0 aliphatic rings. The molecule has 2 N–H and O–H groups in total. The predicted octanol–water partition coefficient (Wildman–Crippen LogP) is 0.292. The lowest BCUT2D eigenvalue weighted by Crippen LogP contribution is -2.45. The first kappa shape index (κ1) is 15.0. The molecule has 19 heavy (non-hydrogen) atoms. The number of anilines is 1. The van der Waals surface area contributed by atoms with E-state index in [0.29, 0.717) is 0 Å². The number of carbonyl (C=O) groups is 1. The minimum atomic E-state index is -0.635. The van der Waals surface area contributed by atoms with Crippen molar-refractivity contribution in [3.8, 4) is 0 Å². The molecule has 0 saturated heterocycles. The second kappa shape index (κ2) is 5.70. The summed E-state index contributed by atoms with van der Waals surface area (Å²) in [6.45, 7) is 5.27. The number of nitrogens with one attached hydrogen (secondary N) is 2. The third-order valence-electron chi connectivity index (χ3n) is 2.06. The average Bonchev–Trinajstić information content (AvgIpc) is 2.27. The van der Waals surface area contributed by atoms with Gasteiger partial charge >= 0.3 is 11.8 Å². The Bertz CT molecular complexity index is 506. The van der Waals surface area contributed by atoms with Crippen LogP contribution in [0.3, 0.4) is 0 Å². The molecule has 0 bridgehead atoms. The fourth-order valence-corrected chi connectivity index (χ4v) is 1.30. The van der Waals surface area contributed by atoms with Crippen molar-refractivity contribution in [3.05, 3.63) is 22.7 Å². The summed E-state index contributed by atoms with van der Waals surface area (Å²) in [4.78, 5) is 27.3. The van der Waals surface area contributed by atoms with E-state index < -0.39 is 17.4 Å². The van der Waals surface area contributed by atoms with Gasteiger partial charge in [0, 0.05) is 26.4 Å². The van der Waals surface area contributed by atoms with Crippen molar-refractivity contribution in [2.75, 3.05) is 24.5 Å². The lowest BCUT2D eigenvalue weighted by Gasteiger charge is -2.25. The van der Waals surface area contributed by atoms with Gasteiger partial charge in [0.25, 0.3) is 0 Å². The van der Waals surface area contributed by atoms with E-state index in [-0.39, 0.29) is 5.82 Å². The summed E-state index contributed by atoms with van der Waals surface area (Å²) in [5, 5.41) is 1.06. The van der Waals surface area contributed by atoms with Crippen molar-refractivity contribution in [3.63, 3.8) is 0 Å². The summed E-state index contributed by atoms with van der Waals surface area (Å²) in [7, 11) is 3.13. The second-order valence-corrected chi connectivity index (χ2v) is 4.70. The maximum absolute atomic E-state index is 11.9. The van der Waals surface area contributed by atoms with Gasteiger partial charge in [-0.2, -0.15) is 9.99 Å². The van der Waals surface area contributed by atoms with Crippen LogP contribution in [0.1, 0.15) is 20.8 Å². The molecule has 0 unspecified atom stereocenters. The van der Waals surface area contributed by atoms with Crippen LogP contribution in [0.4, 0.5) is 10.6 Å². The van der Waals surface area contributed by atoms with Gasteiger partial charge in [-0.05, 0) is 20.8 Å². The van der Waals surface area contributed by atoms with E-state index in [0.717, 1.165) is 5.01 Å². The second-order valence-electron chi connectivity index (χ2n) is 4.70. The van der Waals surface area contributed by atoms with E-state index >= 15 is 0 Å². The SMILES string of the molecule is CNN(C(=O)OC(C)(C)C)c1ccn(NC)c(=O)n1. The van der Waals surface area contributed by atoms with Crippen molar-refractivity contribution in [2.24, 2.45) is 0 Å². The molecular formula is C11H19N5O3. The number of amides is 1. The maximum Gasteiger partial charge on any atom is 0.430 e. The highest BCUT2D eigenvalue weighted by atomic mass is 16.6. The van der Waals surface area contributed by atoms with Crippen LogP contribution in [0.15, 0.2) is 17.1 Å². The van der Waals surface area contributed by atoms with E-state index in [9.17, 15) is 9.59 Å². The molecular weight excluding hydrogens is 250 g/mol. The smallest absolute Gasteiger partial charge is 0.430 e. The third kappa shape index (κ3) is 3.95. The van der Waals surface area contributed by atoms with Gasteiger partial charge in [-0.25, -0.2) is 19.7 Å². The fraction of sp³-hybridized carbons (Fsp3) is 0.545. The summed E-state index contributed by atoms with van der Waals surface area (Å²) in [6.07, 6.45) is 0.837. The van der Waals surface area contributed by atoms with Crippen LogP contribution in [-0.4, -0.2) is 35.4 Å². The minimum Gasteiger partial charge on any atom is -0.442 e. The Kier molecular flexibility index (Phi) is 4.49. The molecule has 0 aliphatic carbocycles. The van der Waals surface area contributed by atoms with E-state index in [2.05, 4.69) is 15.8 Å². The largest absolute Gasteiger partial charge is 0.442 e. The van der Waals surface area contributed by atoms with Gasteiger partial charge in [0.15, 0.2) is 5.82 Å². The van der Waals surface area contributed by atoms with E-state index in [1.165, 1.54) is 24.0 Å². The highest BCUT2D eigenvalue weighted by Gasteiger charge is 2.23. The molecule has 1 rings (SSSR count). The van der Waals surface area contributed by atoms with Crippen molar-refractivity contribution >= 4 is 11.9 Å². The van der Waals surface area contributed by atoms with Gasteiger partial charge in [0.1, 0.15) is 5.60 Å². The molecule has 106 valence electrons. The lowest BCUT2D eigenvalue weighted by atomic mass is 10.2. The van der Waals surface area contributed by atoms with Crippen LogP contribution in [0.25, 0.3) is 0 Å². The Morgan fingerprint density at radius 1 is 1.42 bits per heavy atom. The van der Waals surface area contributed by atoms with Gasteiger partial charge in [-0.1, -0.05) is 0 Å². The normalized spacial score (nSPS) is 11.0. The Balaban J connectivity index is 3.01. The zero-order valence-electron chi connectivity index (χ0n) is 11.7. The standard InChI is InChI=1S/C11H19N5O3/c1-11(2,3)19-10(18)16(13-5)8-6-7-15(12-4)9(17)14-8/h6-7,12-13H,1-5H3. The minimum absolute atomic E-state index is 0.160. The summed E-state index contributed by atoms with van der Waals surface area (Å²) >= 11 is 0. The first-order chi connectivity index (χ1) is 8.78. The van der Waals surface area contributed by atoms with Crippen LogP contribution in [0, 0.1) is 0 Å².